The highest BCUT2D eigenvalue weighted by molar-refractivity contribution is 6.12. The van der Waals surface area contributed by atoms with Crippen LogP contribution in [-0.2, 0) is 6.42 Å². The summed E-state index contributed by atoms with van der Waals surface area (Å²) in [5.41, 5.74) is 11.9. The molecule has 6 aromatic rings. The van der Waals surface area contributed by atoms with Gasteiger partial charge in [-0.2, -0.15) is 0 Å². The van der Waals surface area contributed by atoms with Crippen molar-refractivity contribution in [1.82, 2.24) is 4.57 Å². The number of rotatable bonds is 2. The van der Waals surface area contributed by atoms with Crippen LogP contribution in [0.15, 0.2) is 115 Å². The molecule has 0 unspecified atom stereocenters. The molecule has 1 heteroatoms. The van der Waals surface area contributed by atoms with Gasteiger partial charge < -0.3 is 4.57 Å². The Balaban J connectivity index is 1.50. The topological polar surface area (TPSA) is 4.93 Å². The Morgan fingerprint density at radius 3 is 2.09 bits per heavy atom. The third-order valence-corrected chi connectivity index (χ3v) is 6.85. The highest BCUT2D eigenvalue weighted by Crippen LogP contribution is 2.44. The van der Waals surface area contributed by atoms with Gasteiger partial charge in [0.1, 0.15) is 0 Å². The van der Waals surface area contributed by atoms with E-state index in [9.17, 15) is 0 Å². The Morgan fingerprint density at radius 1 is 0.500 bits per heavy atom. The lowest BCUT2D eigenvalue weighted by atomic mass is 10.0. The number of hydrogen-bond acceptors (Lipinski definition) is 0. The molecule has 150 valence electrons. The summed E-state index contributed by atoms with van der Waals surface area (Å²) in [4.78, 5) is 0. The van der Waals surface area contributed by atoms with E-state index in [0.29, 0.717) is 0 Å². The number of benzene rings is 5. The average molecular weight is 408 g/mol. The third kappa shape index (κ3) is 2.45. The molecule has 0 fully saturated rings. The molecule has 1 heterocycles. The molecular weight excluding hydrogens is 386 g/mol. The van der Waals surface area contributed by atoms with E-state index in [0.717, 1.165) is 6.42 Å². The minimum Gasteiger partial charge on any atom is -0.309 e. The average Bonchev–Trinajstić information content (AvgIpc) is 3.41. The fourth-order valence-corrected chi connectivity index (χ4v) is 5.39. The van der Waals surface area contributed by atoms with Crippen LogP contribution in [0.2, 0.25) is 0 Å². The van der Waals surface area contributed by atoms with Crippen LogP contribution in [0, 0.1) is 0 Å². The lowest BCUT2D eigenvalue weighted by molar-refractivity contribution is 1.15. The second kappa shape index (κ2) is 6.70. The fraction of sp³-hybridized carbons (Fsp3) is 0.0323. The molecule has 0 radical (unpaired) electrons. The second-order valence-corrected chi connectivity index (χ2v) is 8.59. The molecule has 0 amide bonds. The van der Waals surface area contributed by atoms with Crippen LogP contribution >= 0.6 is 0 Å². The summed E-state index contributed by atoms with van der Waals surface area (Å²) < 4.78 is 2.46. The number of nitrogens with zero attached hydrogens (tertiary/aromatic N) is 1. The fourth-order valence-electron chi connectivity index (χ4n) is 5.39. The summed E-state index contributed by atoms with van der Waals surface area (Å²) in [6, 6.07) is 41.8. The molecule has 1 aliphatic carbocycles. The summed E-state index contributed by atoms with van der Waals surface area (Å²) in [6.07, 6.45) is 0.987. The maximum atomic E-state index is 2.46. The molecule has 1 aliphatic rings. The van der Waals surface area contributed by atoms with Crippen LogP contribution < -0.4 is 0 Å². The van der Waals surface area contributed by atoms with E-state index in [-0.39, 0.29) is 0 Å². The van der Waals surface area contributed by atoms with Crippen LogP contribution in [0.25, 0.3) is 49.7 Å². The summed E-state index contributed by atoms with van der Waals surface area (Å²) in [7, 11) is 0. The molecule has 0 atom stereocenters. The number of aromatic nitrogens is 1. The van der Waals surface area contributed by atoms with Gasteiger partial charge in [0.15, 0.2) is 0 Å². The monoisotopic (exact) mass is 407 g/mol. The largest absolute Gasteiger partial charge is 0.309 e. The molecule has 0 N–H and O–H groups in total. The Labute approximate surface area is 187 Å². The first-order chi connectivity index (χ1) is 15.9. The van der Waals surface area contributed by atoms with Crippen LogP contribution in [0.5, 0.6) is 0 Å². The SMILES string of the molecule is c1ccc(-c2ccc(-n3c4ccccc4c4ccc5c(c43)Cc3ccccc3-5)cc2)cc1. The van der Waals surface area contributed by atoms with Crippen LogP contribution in [0.4, 0.5) is 0 Å². The van der Waals surface area contributed by atoms with Crippen molar-refractivity contribution in [3.63, 3.8) is 0 Å². The van der Waals surface area contributed by atoms with Crippen molar-refractivity contribution >= 4 is 21.8 Å². The first kappa shape index (κ1) is 17.6. The van der Waals surface area contributed by atoms with Gasteiger partial charge in [-0.05, 0) is 51.6 Å². The normalized spacial score (nSPS) is 12.2. The quantitative estimate of drug-likeness (QED) is 0.273. The smallest absolute Gasteiger partial charge is 0.0582 e. The van der Waals surface area contributed by atoms with E-state index >= 15 is 0 Å². The van der Waals surface area contributed by atoms with Gasteiger partial charge in [-0.15, -0.1) is 0 Å². The standard InChI is InChI=1S/C31H21N/c1-2-8-21(9-3-1)22-14-16-24(17-15-22)32-30-13-7-6-12-27(30)28-19-18-26-25-11-5-4-10-23(25)20-29(26)31(28)32/h1-19H,20H2. The van der Waals surface area contributed by atoms with Gasteiger partial charge in [0.2, 0.25) is 0 Å². The van der Waals surface area contributed by atoms with Crippen molar-refractivity contribution in [3.05, 3.63) is 126 Å². The van der Waals surface area contributed by atoms with Crippen molar-refractivity contribution in [1.29, 1.82) is 0 Å². The molecule has 5 aromatic carbocycles. The molecule has 32 heavy (non-hydrogen) atoms. The van der Waals surface area contributed by atoms with Crippen molar-refractivity contribution in [3.8, 4) is 27.9 Å². The Kier molecular flexibility index (Phi) is 3.68. The van der Waals surface area contributed by atoms with E-state index < -0.39 is 0 Å². The maximum absolute atomic E-state index is 2.46. The predicted molar refractivity (Wildman–Crippen MR) is 134 cm³/mol. The Hall–Kier alpha value is -4.10. The second-order valence-electron chi connectivity index (χ2n) is 8.59. The number of fused-ring (bicyclic) bond motifs is 7. The van der Waals surface area contributed by atoms with Crippen LogP contribution in [-0.4, -0.2) is 4.57 Å². The van der Waals surface area contributed by atoms with E-state index in [2.05, 4.69) is 120 Å². The maximum Gasteiger partial charge on any atom is 0.0582 e. The molecule has 1 nitrogen and oxygen atoms in total. The first-order valence-corrected chi connectivity index (χ1v) is 11.2. The lowest BCUT2D eigenvalue weighted by Gasteiger charge is -2.12. The highest BCUT2D eigenvalue weighted by Gasteiger charge is 2.24. The summed E-state index contributed by atoms with van der Waals surface area (Å²) in [6.45, 7) is 0. The van der Waals surface area contributed by atoms with Crippen molar-refractivity contribution in [2.75, 3.05) is 0 Å². The van der Waals surface area contributed by atoms with Gasteiger partial charge in [-0.1, -0.05) is 97.1 Å². The zero-order valence-electron chi connectivity index (χ0n) is 17.6. The molecule has 0 bridgehead atoms. The lowest BCUT2D eigenvalue weighted by Crippen LogP contribution is -1.97. The highest BCUT2D eigenvalue weighted by atomic mass is 15.0. The van der Waals surface area contributed by atoms with Gasteiger partial charge in [-0.25, -0.2) is 0 Å². The molecule has 1 aromatic heterocycles. The Bertz CT molecular complexity index is 1620. The zero-order chi connectivity index (χ0) is 21.1. The van der Waals surface area contributed by atoms with Crippen molar-refractivity contribution < 1.29 is 0 Å². The molecule has 0 saturated carbocycles. The molecule has 7 rings (SSSR count). The van der Waals surface area contributed by atoms with Gasteiger partial charge in [0.05, 0.1) is 11.0 Å². The molecule has 0 aliphatic heterocycles. The van der Waals surface area contributed by atoms with Crippen molar-refractivity contribution in [2.24, 2.45) is 0 Å². The third-order valence-electron chi connectivity index (χ3n) is 6.85. The van der Waals surface area contributed by atoms with Gasteiger partial charge in [0.25, 0.3) is 0 Å². The molecular formula is C31H21N. The van der Waals surface area contributed by atoms with Crippen molar-refractivity contribution in [2.45, 2.75) is 6.42 Å². The molecule has 0 saturated heterocycles. The minimum atomic E-state index is 0.987. The first-order valence-electron chi connectivity index (χ1n) is 11.2. The van der Waals surface area contributed by atoms with E-state index in [1.54, 1.807) is 0 Å². The van der Waals surface area contributed by atoms with E-state index in [1.165, 1.54) is 60.9 Å². The summed E-state index contributed by atoms with van der Waals surface area (Å²) >= 11 is 0. The van der Waals surface area contributed by atoms with Gasteiger partial charge >= 0.3 is 0 Å². The number of hydrogen-bond donors (Lipinski definition) is 0. The zero-order valence-corrected chi connectivity index (χ0v) is 17.6. The number of para-hydroxylation sites is 1. The minimum absolute atomic E-state index is 0.987. The summed E-state index contributed by atoms with van der Waals surface area (Å²) in [5, 5.41) is 2.65. The van der Waals surface area contributed by atoms with Crippen LogP contribution in [0.3, 0.4) is 0 Å². The van der Waals surface area contributed by atoms with E-state index in [1.807, 2.05) is 0 Å². The van der Waals surface area contributed by atoms with Crippen LogP contribution in [0.1, 0.15) is 11.1 Å². The predicted octanol–water partition coefficient (Wildman–Crippen LogP) is 8.02. The molecule has 0 spiro atoms. The van der Waals surface area contributed by atoms with Gasteiger partial charge in [-0.3, -0.25) is 0 Å². The van der Waals surface area contributed by atoms with Gasteiger partial charge in [0, 0.05) is 22.9 Å². The Morgan fingerprint density at radius 2 is 1.22 bits per heavy atom. The van der Waals surface area contributed by atoms with E-state index in [4.69, 9.17) is 0 Å². The summed E-state index contributed by atoms with van der Waals surface area (Å²) in [5.74, 6) is 0.